The van der Waals surface area contributed by atoms with Gasteiger partial charge in [0.2, 0.25) is 5.91 Å². The van der Waals surface area contributed by atoms with Gasteiger partial charge in [-0.15, -0.1) is 0 Å². The fraction of sp³-hybridized carbons (Fsp3) is 0.0909. The van der Waals surface area contributed by atoms with E-state index in [0.29, 0.717) is 22.2 Å². The van der Waals surface area contributed by atoms with Gasteiger partial charge < -0.3 is 4.74 Å². The molecule has 0 saturated heterocycles. The van der Waals surface area contributed by atoms with E-state index in [9.17, 15) is 9.59 Å². The Balaban J connectivity index is 1.46. The van der Waals surface area contributed by atoms with Crippen LogP contribution in [0.2, 0.25) is 5.02 Å². The molecule has 1 aliphatic heterocycles. The van der Waals surface area contributed by atoms with Gasteiger partial charge in [0.1, 0.15) is 5.75 Å². The largest absolute Gasteiger partial charge is 0.455 e. The summed E-state index contributed by atoms with van der Waals surface area (Å²) in [4.78, 5) is 26.5. The summed E-state index contributed by atoms with van der Waals surface area (Å²) in [6, 6.07) is 14.0. The Hall–Kier alpha value is -3.29. The number of fused-ring (bicyclic) bond motifs is 2. The van der Waals surface area contributed by atoms with Crippen molar-refractivity contribution < 1.29 is 14.3 Å². The molecular formula is C22H18ClN3O3S. The molecule has 6 nitrogen and oxygen atoms in total. The standard InChI is InChI=1S/C22H18ClN3O3S/c23-17-8-9-20-18(12-17)26(13-16-5-1-2-6-19(16)29-20)22(28)25-24-21(27)7-3-4-15-10-11-30-14-15/h1-6,8-12,14H,7,13H2,(H,24,27)(H,25,28)/b4-3-. The number of hydrogen-bond donors (Lipinski definition) is 2. The minimum atomic E-state index is -0.492. The fourth-order valence-electron chi connectivity index (χ4n) is 2.99. The van der Waals surface area contributed by atoms with Crippen LogP contribution in [0.25, 0.3) is 6.08 Å². The third-order valence-electron chi connectivity index (χ3n) is 4.44. The van der Waals surface area contributed by atoms with Crippen molar-refractivity contribution in [1.29, 1.82) is 0 Å². The Labute approximate surface area is 182 Å². The molecule has 0 saturated carbocycles. The van der Waals surface area contributed by atoms with Gasteiger partial charge in [-0.3, -0.25) is 15.1 Å². The van der Waals surface area contributed by atoms with Gasteiger partial charge in [-0.2, -0.15) is 11.3 Å². The van der Waals surface area contributed by atoms with Crippen molar-refractivity contribution in [1.82, 2.24) is 10.9 Å². The Bertz CT molecular complexity index is 1100. The molecule has 1 aromatic heterocycles. The summed E-state index contributed by atoms with van der Waals surface area (Å²) >= 11 is 7.73. The van der Waals surface area contributed by atoms with Crippen LogP contribution >= 0.6 is 22.9 Å². The molecule has 0 atom stereocenters. The molecule has 0 bridgehead atoms. The first kappa shape index (κ1) is 20.0. The number of benzene rings is 2. The van der Waals surface area contributed by atoms with Crippen molar-refractivity contribution in [3.05, 3.63) is 81.5 Å². The van der Waals surface area contributed by atoms with Crippen LogP contribution in [0.4, 0.5) is 10.5 Å². The van der Waals surface area contributed by atoms with E-state index in [4.69, 9.17) is 16.3 Å². The van der Waals surface area contributed by atoms with E-state index in [1.165, 1.54) is 4.90 Å². The van der Waals surface area contributed by atoms with Crippen LogP contribution in [0.1, 0.15) is 17.5 Å². The predicted molar refractivity (Wildman–Crippen MR) is 119 cm³/mol. The van der Waals surface area contributed by atoms with Crippen LogP contribution in [0.3, 0.4) is 0 Å². The van der Waals surface area contributed by atoms with Crippen LogP contribution in [0.15, 0.2) is 65.4 Å². The van der Waals surface area contributed by atoms with Gasteiger partial charge >= 0.3 is 6.03 Å². The lowest BCUT2D eigenvalue weighted by Gasteiger charge is -2.22. The molecule has 4 rings (SSSR count). The number of rotatable bonds is 3. The number of urea groups is 1. The smallest absolute Gasteiger partial charge is 0.341 e. The highest BCUT2D eigenvalue weighted by atomic mass is 35.5. The Morgan fingerprint density at radius 1 is 1.13 bits per heavy atom. The van der Waals surface area contributed by atoms with Gasteiger partial charge in [0.25, 0.3) is 0 Å². The molecule has 8 heteroatoms. The molecule has 30 heavy (non-hydrogen) atoms. The highest BCUT2D eigenvalue weighted by Crippen LogP contribution is 2.40. The van der Waals surface area contributed by atoms with Crippen molar-refractivity contribution in [2.45, 2.75) is 13.0 Å². The Morgan fingerprint density at radius 3 is 2.83 bits per heavy atom. The number of carbonyl (C=O) groups excluding carboxylic acids is 2. The van der Waals surface area contributed by atoms with Gasteiger partial charge in [0, 0.05) is 17.0 Å². The van der Waals surface area contributed by atoms with Gasteiger partial charge in [0.05, 0.1) is 12.2 Å². The first-order valence-electron chi connectivity index (χ1n) is 9.20. The first-order valence-corrected chi connectivity index (χ1v) is 10.5. The van der Waals surface area contributed by atoms with Gasteiger partial charge in [-0.25, -0.2) is 10.2 Å². The normalized spacial score (nSPS) is 12.5. The average molecular weight is 440 g/mol. The molecule has 152 valence electrons. The lowest BCUT2D eigenvalue weighted by atomic mass is 10.2. The second-order valence-corrected chi connectivity index (χ2v) is 7.77. The molecule has 1 aliphatic rings. The molecule has 3 aromatic rings. The zero-order valence-corrected chi connectivity index (χ0v) is 17.4. The van der Waals surface area contributed by atoms with Crippen LogP contribution in [0.5, 0.6) is 11.5 Å². The second-order valence-electron chi connectivity index (χ2n) is 6.55. The monoisotopic (exact) mass is 439 g/mol. The number of hydrazine groups is 1. The minimum Gasteiger partial charge on any atom is -0.455 e. The number of nitrogens with zero attached hydrogens (tertiary/aromatic N) is 1. The molecule has 0 aliphatic carbocycles. The first-order chi connectivity index (χ1) is 14.6. The number of anilines is 1. The topological polar surface area (TPSA) is 70.7 Å². The summed E-state index contributed by atoms with van der Waals surface area (Å²) < 4.78 is 5.98. The molecule has 2 heterocycles. The number of thiophene rings is 1. The lowest BCUT2D eigenvalue weighted by molar-refractivity contribution is -0.120. The van der Waals surface area contributed by atoms with E-state index in [0.717, 1.165) is 11.1 Å². The summed E-state index contributed by atoms with van der Waals surface area (Å²) in [5.74, 6) is 0.844. The average Bonchev–Trinajstić information content (AvgIpc) is 3.20. The molecule has 0 spiro atoms. The van der Waals surface area contributed by atoms with Crippen LogP contribution in [0, 0.1) is 0 Å². The number of para-hydroxylation sites is 1. The van der Waals surface area contributed by atoms with Crippen LogP contribution in [-0.2, 0) is 11.3 Å². The quantitative estimate of drug-likeness (QED) is 0.540. The molecule has 0 radical (unpaired) electrons. The highest BCUT2D eigenvalue weighted by Gasteiger charge is 2.25. The van der Waals surface area contributed by atoms with E-state index < -0.39 is 6.03 Å². The predicted octanol–water partition coefficient (Wildman–Crippen LogP) is 5.36. The summed E-state index contributed by atoms with van der Waals surface area (Å²) in [6.07, 6.45) is 3.75. The number of hydrogen-bond acceptors (Lipinski definition) is 4. The Kier molecular flexibility index (Phi) is 6.02. The molecule has 0 fully saturated rings. The van der Waals surface area contributed by atoms with Crippen molar-refractivity contribution in [2.24, 2.45) is 0 Å². The number of amides is 3. The molecule has 2 N–H and O–H groups in total. The molecule has 2 aromatic carbocycles. The highest BCUT2D eigenvalue weighted by molar-refractivity contribution is 7.08. The maximum atomic E-state index is 12.9. The van der Waals surface area contributed by atoms with Gasteiger partial charge in [0.15, 0.2) is 5.75 Å². The maximum absolute atomic E-state index is 12.9. The minimum absolute atomic E-state index is 0.143. The number of nitrogens with one attached hydrogen (secondary N) is 2. The number of halogens is 1. The molecular weight excluding hydrogens is 422 g/mol. The summed E-state index contributed by atoms with van der Waals surface area (Å²) in [6.45, 7) is 0.267. The number of ether oxygens (including phenoxy) is 1. The van der Waals surface area contributed by atoms with E-state index >= 15 is 0 Å². The lowest BCUT2D eigenvalue weighted by Crippen LogP contribution is -2.48. The van der Waals surface area contributed by atoms with Gasteiger partial charge in [-0.05, 0) is 46.7 Å². The summed E-state index contributed by atoms with van der Waals surface area (Å²) in [5.41, 5.74) is 7.31. The van der Waals surface area contributed by atoms with E-state index in [1.54, 1.807) is 35.6 Å². The van der Waals surface area contributed by atoms with E-state index in [2.05, 4.69) is 10.9 Å². The maximum Gasteiger partial charge on any atom is 0.341 e. The second kappa shape index (κ2) is 9.02. The van der Waals surface area contributed by atoms with Crippen LogP contribution < -0.4 is 20.5 Å². The third kappa shape index (κ3) is 4.64. The summed E-state index contributed by atoms with van der Waals surface area (Å²) in [7, 11) is 0. The van der Waals surface area contributed by atoms with Crippen molar-refractivity contribution in [2.75, 3.05) is 4.90 Å². The molecule has 0 unspecified atom stereocenters. The summed E-state index contributed by atoms with van der Waals surface area (Å²) in [5, 5.41) is 4.43. The van der Waals surface area contributed by atoms with Gasteiger partial charge in [-0.1, -0.05) is 42.0 Å². The zero-order chi connectivity index (χ0) is 20.9. The Morgan fingerprint density at radius 2 is 2.00 bits per heavy atom. The third-order valence-corrected chi connectivity index (χ3v) is 5.38. The van der Waals surface area contributed by atoms with Crippen molar-refractivity contribution in [3.8, 4) is 11.5 Å². The van der Waals surface area contributed by atoms with Crippen molar-refractivity contribution >= 4 is 46.6 Å². The SMILES string of the molecule is O=C(C/C=C\c1ccsc1)NNC(=O)N1Cc2ccccc2Oc2ccc(Cl)cc21. The zero-order valence-electron chi connectivity index (χ0n) is 15.8. The molecule has 3 amide bonds. The number of carbonyl (C=O) groups is 2. The van der Waals surface area contributed by atoms with Crippen LogP contribution in [-0.4, -0.2) is 11.9 Å². The van der Waals surface area contributed by atoms with E-state index in [-0.39, 0.29) is 18.9 Å². The fourth-order valence-corrected chi connectivity index (χ4v) is 3.79. The van der Waals surface area contributed by atoms with E-state index in [1.807, 2.05) is 47.2 Å². The van der Waals surface area contributed by atoms with Crippen molar-refractivity contribution in [3.63, 3.8) is 0 Å².